The van der Waals surface area contributed by atoms with Gasteiger partial charge in [0.25, 0.3) is 0 Å². The summed E-state index contributed by atoms with van der Waals surface area (Å²) in [4.78, 5) is 15.5. The van der Waals surface area contributed by atoms with Crippen LogP contribution in [-0.4, -0.2) is 21.1 Å². The molecule has 0 radical (unpaired) electrons. The number of anilines is 1. The second-order valence-corrected chi connectivity index (χ2v) is 3.91. The third-order valence-corrected chi connectivity index (χ3v) is 2.59. The zero-order chi connectivity index (χ0) is 12.8. The van der Waals surface area contributed by atoms with Crippen LogP contribution in [0.3, 0.4) is 0 Å². The van der Waals surface area contributed by atoms with E-state index in [2.05, 4.69) is 20.5 Å². The molecule has 0 spiro atoms. The van der Waals surface area contributed by atoms with Gasteiger partial charge in [-0.2, -0.15) is 5.10 Å². The summed E-state index contributed by atoms with van der Waals surface area (Å²) in [5, 5.41) is 9.14. The van der Waals surface area contributed by atoms with Crippen molar-refractivity contribution in [3.05, 3.63) is 42.0 Å². The van der Waals surface area contributed by atoms with Gasteiger partial charge in [0.2, 0.25) is 5.91 Å². The van der Waals surface area contributed by atoms with Crippen LogP contribution < -0.4 is 11.1 Å². The Bertz CT molecular complexity index is 509. The molecule has 0 bridgehead atoms. The molecule has 1 amide bonds. The summed E-state index contributed by atoms with van der Waals surface area (Å²) in [6.07, 6.45) is 2.45. The summed E-state index contributed by atoms with van der Waals surface area (Å²) in [5.74, 6) is 0.609. The molecule has 0 saturated carbocycles. The molecule has 18 heavy (non-hydrogen) atoms. The minimum atomic E-state index is -0.0327. The van der Waals surface area contributed by atoms with Crippen molar-refractivity contribution in [2.24, 2.45) is 0 Å². The third-order valence-electron chi connectivity index (χ3n) is 2.59. The van der Waals surface area contributed by atoms with E-state index in [4.69, 9.17) is 5.73 Å². The fourth-order valence-electron chi connectivity index (χ4n) is 1.60. The van der Waals surface area contributed by atoms with E-state index in [1.807, 2.05) is 24.3 Å². The van der Waals surface area contributed by atoms with Gasteiger partial charge in [-0.25, -0.2) is 4.98 Å². The quantitative estimate of drug-likeness (QED) is 0.673. The maximum Gasteiger partial charge on any atom is 0.220 e. The van der Waals surface area contributed by atoms with Gasteiger partial charge >= 0.3 is 0 Å². The number of aryl methyl sites for hydroxylation is 1. The Morgan fingerprint density at radius 3 is 2.94 bits per heavy atom. The molecule has 6 nitrogen and oxygen atoms in total. The zero-order valence-corrected chi connectivity index (χ0v) is 9.89. The largest absolute Gasteiger partial charge is 0.399 e. The number of aromatic nitrogens is 3. The number of nitrogens with one attached hydrogen (secondary N) is 2. The number of benzene rings is 1. The lowest BCUT2D eigenvalue weighted by Crippen LogP contribution is -2.23. The Labute approximate surface area is 105 Å². The number of hydrogen-bond donors (Lipinski definition) is 3. The Hall–Kier alpha value is -2.37. The maximum atomic E-state index is 11.6. The monoisotopic (exact) mass is 245 g/mol. The van der Waals surface area contributed by atoms with E-state index in [0.29, 0.717) is 25.2 Å². The standard InChI is InChI=1S/C12H15N5O/c13-10-4-2-1-3-9(10)5-6-12(18)14-7-11-15-8-16-17-11/h1-4,8H,5-7,13H2,(H,14,18)(H,15,16,17). The normalized spacial score (nSPS) is 10.2. The summed E-state index contributed by atoms with van der Waals surface area (Å²) in [6, 6.07) is 7.56. The minimum Gasteiger partial charge on any atom is -0.399 e. The van der Waals surface area contributed by atoms with Crippen molar-refractivity contribution < 1.29 is 4.79 Å². The van der Waals surface area contributed by atoms with Crippen molar-refractivity contribution in [2.75, 3.05) is 5.73 Å². The highest BCUT2D eigenvalue weighted by molar-refractivity contribution is 5.76. The van der Waals surface area contributed by atoms with E-state index in [1.165, 1.54) is 6.33 Å². The highest BCUT2D eigenvalue weighted by Gasteiger charge is 2.05. The first-order valence-corrected chi connectivity index (χ1v) is 5.70. The Morgan fingerprint density at radius 2 is 2.22 bits per heavy atom. The number of amides is 1. The smallest absolute Gasteiger partial charge is 0.220 e. The molecule has 2 aromatic rings. The van der Waals surface area contributed by atoms with Crippen LogP contribution in [-0.2, 0) is 17.8 Å². The van der Waals surface area contributed by atoms with Crippen LogP contribution in [0.1, 0.15) is 17.8 Å². The van der Waals surface area contributed by atoms with Gasteiger partial charge in [0.05, 0.1) is 6.54 Å². The fourth-order valence-corrected chi connectivity index (χ4v) is 1.60. The Balaban J connectivity index is 1.77. The average molecular weight is 245 g/mol. The van der Waals surface area contributed by atoms with Crippen molar-refractivity contribution in [1.29, 1.82) is 0 Å². The SMILES string of the molecule is Nc1ccccc1CCC(=O)NCc1ncn[nH]1. The van der Waals surface area contributed by atoms with Crippen LogP contribution in [0.2, 0.25) is 0 Å². The van der Waals surface area contributed by atoms with Crippen LogP contribution in [0.15, 0.2) is 30.6 Å². The van der Waals surface area contributed by atoms with Crippen LogP contribution in [0.4, 0.5) is 5.69 Å². The molecule has 4 N–H and O–H groups in total. The lowest BCUT2D eigenvalue weighted by molar-refractivity contribution is -0.121. The van der Waals surface area contributed by atoms with Crippen LogP contribution in [0, 0.1) is 0 Å². The van der Waals surface area contributed by atoms with Gasteiger partial charge in [-0.3, -0.25) is 9.89 Å². The molecule has 0 fully saturated rings. The highest BCUT2D eigenvalue weighted by Crippen LogP contribution is 2.12. The Kier molecular flexibility index (Phi) is 3.90. The summed E-state index contributed by atoms with van der Waals surface area (Å²) in [5.41, 5.74) is 7.52. The highest BCUT2D eigenvalue weighted by atomic mass is 16.1. The number of nitrogen functional groups attached to an aromatic ring is 1. The molecule has 0 aliphatic rings. The molecule has 1 aromatic heterocycles. The molecular formula is C12H15N5O. The number of nitrogens with zero attached hydrogens (tertiary/aromatic N) is 2. The first kappa shape index (κ1) is 12.1. The zero-order valence-electron chi connectivity index (χ0n) is 9.89. The topological polar surface area (TPSA) is 96.7 Å². The fraction of sp³-hybridized carbons (Fsp3) is 0.250. The molecule has 6 heteroatoms. The van der Waals surface area contributed by atoms with Crippen molar-refractivity contribution >= 4 is 11.6 Å². The van der Waals surface area contributed by atoms with Gasteiger partial charge in [-0.05, 0) is 18.1 Å². The third kappa shape index (κ3) is 3.31. The van der Waals surface area contributed by atoms with Gasteiger partial charge in [-0.15, -0.1) is 0 Å². The summed E-state index contributed by atoms with van der Waals surface area (Å²) < 4.78 is 0. The molecule has 0 saturated heterocycles. The Morgan fingerprint density at radius 1 is 1.39 bits per heavy atom. The molecule has 1 heterocycles. The predicted octanol–water partition coefficient (Wildman–Crippen LogP) is 0.636. The van der Waals surface area contributed by atoms with Crippen LogP contribution in [0.25, 0.3) is 0 Å². The molecular weight excluding hydrogens is 230 g/mol. The molecule has 2 rings (SSSR count). The second kappa shape index (κ2) is 5.81. The first-order chi connectivity index (χ1) is 8.75. The van der Waals surface area contributed by atoms with E-state index >= 15 is 0 Å². The van der Waals surface area contributed by atoms with Crippen molar-refractivity contribution in [2.45, 2.75) is 19.4 Å². The predicted molar refractivity (Wildman–Crippen MR) is 67.4 cm³/mol. The summed E-state index contributed by atoms with van der Waals surface area (Å²) >= 11 is 0. The van der Waals surface area contributed by atoms with E-state index < -0.39 is 0 Å². The average Bonchev–Trinajstić information content (AvgIpc) is 2.88. The molecule has 0 atom stereocenters. The van der Waals surface area contributed by atoms with Gasteiger partial charge in [0, 0.05) is 12.1 Å². The summed E-state index contributed by atoms with van der Waals surface area (Å²) in [7, 11) is 0. The van der Waals surface area contributed by atoms with E-state index in [9.17, 15) is 4.79 Å². The molecule has 0 aliphatic carbocycles. The second-order valence-electron chi connectivity index (χ2n) is 3.91. The number of rotatable bonds is 5. The van der Waals surface area contributed by atoms with Gasteiger partial charge < -0.3 is 11.1 Å². The number of H-pyrrole nitrogens is 1. The van der Waals surface area contributed by atoms with E-state index in [1.54, 1.807) is 0 Å². The number of nitrogens with two attached hydrogens (primary N) is 1. The number of carbonyl (C=O) groups is 1. The number of carbonyl (C=O) groups excluding carboxylic acids is 1. The summed E-state index contributed by atoms with van der Waals surface area (Å²) in [6.45, 7) is 0.364. The van der Waals surface area contributed by atoms with Crippen molar-refractivity contribution in [3.63, 3.8) is 0 Å². The first-order valence-electron chi connectivity index (χ1n) is 5.70. The van der Waals surface area contributed by atoms with Crippen molar-refractivity contribution in [3.8, 4) is 0 Å². The van der Waals surface area contributed by atoms with Crippen LogP contribution in [0.5, 0.6) is 0 Å². The van der Waals surface area contributed by atoms with Crippen LogP contribution >= 0.6 is 0 Å². The number of hydrogen-bond acceptors (Lipinski definition) is 4. The number of aromatic amines is 1. The maximum absolute atomic E-state index is 11.6. The van der Waals surface area contributed by atoms with Gasteiger partial charge in [0.1, 0.15) is 12.2 Å². The molecule has 94 valence electrons. The lowest BCUT2D eigenvalue weighted by atomic mass is 10.1. The molecule has 1 aromatic carbocycles. The number of para-hydroxylation sites is 1. The lowest BCUT2D eigenvalue weighted by Gasteiger charge is -2.05. The minimum absolute atomic E-state index is 0.0327. The van der Waals surface area contributed by atoms with Gasteiger partial charge in [-0.1, -0.05) is 18.2 Å². The van der Waals surface area contributed by atoms with Gasteiger partial charge in [0.15, 0.2) is 0 Å². The van der Waals surface area contributed by atoms with Crippen molar-refractivity contribution in [1.82, 2.24) is 20.5 Å². The molecule has 0 unspecified atom stereocenters. The van der Waals surface area contributed by atoms with E-state index in [0.717, 1.165) is 11.3 Å². The van der Waals surface area contributed by atoms with E-state index in [-0.39, 0.29) is 5.91 Å². The molecule has 0 aliphatic heterocycles.